The second kappa shape index (κ2) is 7.11. The molecule has 2 N–H and O–H groups in total. The summed E-state index contributed by atoms with van der Waals surface area (Å²) in [6.45, 7) is 4.56. The van der Waals surface area contributed by atoms with E-state index >= 15 is 0 Å². The lowest BCUT2D eigenvalue weighted by Crippen LogP contribution is -2.40. The number of nitrogens with zero attached hydrogens (tertiary/aromatic N) is 1. The monoisotopic (exact) mass is 264 g/mol. The van der Waals surface area contributed by atoms with Crippen LogP contribution in [-0.2, 0) is 4.79 Å². The van der Waals surface area contributed by atoms with Crippen molar-refractivity contribution >= 4 is 28.8 Å². The van der Waals surface area contributed by atoms with Gasteiger partial charge in [-0.1, -0.05) is 43.8 Å². The van der Waals surface area contributed by atoms with Crippen molar-refractivity contribution in [2.45, 2.75) is 26.7 Å². The number of para-hydroxylation sites is 1. The molecule has 0 bridgehead atoms. The molecule has 0 aliphatic carbocycles. The van der Waals surface area contributed by atoms with E-state index in [2.05, 4.69) is 6.92 Å². The number of rotatable bonds is 6. The van der Waals surface area contributed by atoms with Gasteiger partial charge in [0.2, 0.25) is 5.91 Å². The molecule has 3 nitrogen and oxygen atoms in total. The highest BCUT2D eigenvalue weighted by Gasteiger charge is 2.23. The quantitative estimate of drug-likeness (QED) is 0.804. The molecule has 1 unspecified atom stereocenters. The van der Waals surface area contributed by atoms with Crippen LogP contribution in [0.1, 0.15) is 26.7 Å². The molecule has 1 atom stereocenters. The number of carbonyl (C=O) groups is 1. The highest BCUT2D eigenvalue weighted by molar-refractivity contribution is 7.80. The third kappa shape index (κ3) is 3.81. The third-order valence-electron chi connectivity index (χ3n) is 2.87. The molecule has 4 heteroatoms. The van der Waals surface area contributed by atoms with Crippen LogP contribution in [0.25, 0.3) is 0 Å². The molecular formula is C14H20N2OS. The van der Waals surface area contributed by atoms with Gasteiger partial charge >= 0.3 is 0 Å². The lowest BCUT2D eigenvalue weighted by atomic mass is 10.1. The average Bonchev–Trinajstić information content (AvgIpc) is 2.39. The van der Waals surface area contributed by atoms with Crippen molar-refractivity contribution in [3.63, 3.8) is 0 Å². The van der Waals surface area contributed by atoms with Crippen molar-refractivity contribution in [1.29, 1.82) is 0 Å². The van der Waals surface area contributed by atoms with Gasteiger partial charge in [0.15, 0.2) is 0 Å². The van der Waals surface area contributed by atoms with Gasteiger partial charge in [0.25, 0.3) is 0 Å². The summed E-state index contributed by atoms with van der Waals surface area (Å²) in [6.07, 6.45) is 2.00. The van der Waals surface area contributed by atoms with Crippen molar-refractivity contribution < 1.29 is 4.79 Å². The molecule has 1 rings (SSSR count). The Morgan fingerprint density at radius 2 is 2.00 bits per heavy atom. The highest BCUT2D eigenvalue weighted by atomic mass is 32.1. The van der Waals surface area contributed by atoms with Crippen LogP contribution in [0.15, 0.2) is 30.3 Å². The van der Waals surface area contributed by atoms with Gasteiger partial charge in [0.05, 0.1) is 10.9 Å². The van der Waals surface area contributed by atoms with Crippen LogP contribution >= 0.6 is 12.2 Å². The molecule has 0 spiro atoms. The van der Waals surface area contributed by atoms with Crippen molar-refractivity contribution in [3.8, 4) is 0 Å². The van der Waals surface area contributed by atoms with Crippen molar-refractivity contribution in [1.82, 2.24) is 0 Å². The summed E-state index contributed by atoms with van der Waals surface area (Å²) in [6, 6.07) is 9.64. The van der Waals surface area contributed by atoms with Gasteiger partial charge in [-0.05, 0) is 25.5 Å². The highest BCUT2D eigenvalue weighted by Crippen LogP contribution is 2.17. The summed E-state index contributed by atoms with van der Waals surface area (Å²) in [5.74, 6) is -0.445. The first-order valence-corrected chi connectivity index (χ1v) is 6.64. The zero-order valence-corrected chi connectivity index (χ0v) is 11.7. The summed E-state index contributed by atoms with van der Waals surface area (Å²) >= 11 is 4.91. The summed E-state index contributed by atoms with van der Waals surface area (Å²) in [7, 11) is 0. The zero-order chi connectivity index (χ0) is 13.5. The van der Waals surface area contributed by atoms with E-state index in [9.17, 15) is 4.79 Å². The van der Waals surface area contributed by atoms with Gasteiger partial charge in [0, 0.05) is 12.2 Å². The van der Waals surface area contributed by atoms with Crippen LogP contribution in [0.3, 0.4) is 0 Å². The Morgan fingerprint density at radius 1 is 1.39 bits per heavy atom. The number of benzene rings is 1. The van der Waals surface area contributed by atoms with Crippen LogP contribution in [0, 0.1) is 5.92 Å². The predicted octanol–water partition coefficient (Wildman–Crippen LogP) is 2.74. The lowest BCUT2D eigenvalue weighted by molar-refractivity contribution is -0.120. The molecule has 0 saturated heterocycles. The van der Waals surface area contributed by atoms with Crippen LogP contribution < -0.4 is 10.6 Å². The first-order valence-electron chi connectivity index (χ1n) is 6.23. The molecule has 0 heterocycles. The number of hydrogen-bond donors (Lipinski definition) is 1. The van der Waals surface area contributed by atoms with Crippen LogP contribution in [0.2, 0.25) is 0 Å². The minimum Gasteiger partial charge on any atom is -0.393 e. The molecular weight excluding hydrogens is 244 g/mol. The van der Waals surface area contributed by atoms with E-state index < -0.39 is 5.92 Å². The summed E-state index contributed by atoms with van der Waals surface area (Å²) < 4.78 is 0. The summed E-state index contributed by atoms with van der Waals surface area (Å²) in [5.41, 5.74) is 6.47. The van der Waals surface area contributed by atoms with Crippen LogP contribution in [-0.4, -0.2) is 17.4 Å². The van der Waals surface area contributed by atoms with E-state index in [1.807, 2.05) is 30.3 Å². The smallest absolute Gasteiger partial charge is 0.236 e. The van der Waals surface area contributed by atoms with E-state index in [0.717, 1.165) is 18.5 Å². The van der Waals surface area contributed by atoms with Crippen LogP contribution in [0.4, 0.5) is 5.69 Å². The van der Waals surface area contributed by atoms with Crippen molar-refractivity contribution in [2.75, 3.05) is 11.4 Å². The second-order valence-corrected chi connectivity index (χ2v) is 4.77. The lowest BCUT2D eigenvalue weighted by Gasteiger charge is -2.25. The largest absolute Gasteiger partial charge is 0.393 e. The average molecular weight is 264 g/mol. The maximum absolute atomic E-state index is 12.3. The van der Waals surface area contributed by atoms with E-state index in [-0.39, 0.29) is 10.9 Å². The molecule has 0 aromatic heterocycles. The minimum atomic E-state index is -0.419. The standard InChI is InChI=1S/C14H20N2OS/c1-3-4-10-16(12-8-6-5-7-9-12)14(17)11(2)13(15)18/h5-9,11H,3-4,10H2,1-2H3,(H2,15,18). The normalized spacial score (nSPS) is 11.9. The number of unbranched alkanes of at least 4 members (excludes halogenated alkanes) is 1. The van der Waals surface area contributed by atoms with Gasteiger partial charge in [-0.25, -0.2) is 0 Å². The third-order valence-corrected chi connectivity index (χ3v) is 3.22. The van der Waals surface area contributed by atoms with Gasteiger partial charge in [-0.15, -0.1) is 0 Å². The SMILES string of the molecule is CCCCN(C(=O)C(C)C(N)=S)c1ccccc1. The number of anilines is 1. The Labute approximate surface area is 114 Å². The van der Waals surface area contributed by atoms with Crippen LogP contribution in [0.5, 0.6) is 0 Å². The summed E-state index contributed by atoms with van der Waals surface area (Å²) in [5, 5.41) is 0. The fraction of sp³-hybridized carbons (Fsp3) is 0.429. The fourth-order valence-electron chi connectivity index (χ4n) is 1.65. The summed E-state index contributed by atoms with van der Waals surface area (Å²) in [4.78, 5) is 14.4. The van der Waals surface area contributed by atoms with E-state index in [0.29, 0.717) is 6.54 Å². The molecule has 1 amide bonds. The molecule has 0 saturated carbocycles. The van der Waals surface area contributed by atoms with Gasteiger partial charge in [-0.2, -0.15) is 0 Å². The molecule has 0 radical (unpaired) electrons. The van der Waals surface area contributed by atoms with E-state index in [1.165, 1.54) is 0 Å². The van der Waals surface area contributed by atoms with Gasteiger partial charge in [-0.3, -0.25) is 4.79 Å². The molecule has 98 valence electrons. The minimum absolute atomic E-state index is 0.0258. The first kappa shape index (κ1) is 14.6. The number of carbonyl (C=O) groups excluding carboxylic acids is 1. The molecule has 1 aromatic carbocycles. The van der Waals surface area contributed by atoms with E-state index in [1.54, 1.807) is 11.8 Å². The molecule has 1 aromatic rings. The number of thiocarbonyl (C=S) groups is 1. The zero-order valence-electron chi connectivity index (χ0n) is 10.9. The van der Waals surface area contributed by atoms with Crippen molar-refractivity contribution in [2.24, 2.45) is 11.7 Å². The Bertz CT molecular complexity index is 406. The Morgan fingerprint density at radius 3 is 2.50 bits per heavy atom. The molecule has 18 heavy (non-hydrogen) atoms. The number of nitrogens with two attached hydrogens (primary N) is 1. The fourth-order valence-corrected chi connectivity index (χ4v) is 1.75. The predicted molar refractivity (Wildman–Crippen MR) is 79.7 cm³/mol. The molecule has 0 aliphatic heterocycles. The Balaban J connectivity index is 2.91. The second-order valence-electron chi connectivity index (χ2n) is 4.30. The molecule has 0 fully saturated rings. The number of hydrogen-bond acceptors (Lipinski definition) is 2. The van der Waals surface area contributed by atoms with Gasteiger partial charge < -0.3 is 10.6 Å². The number of amides is 1. The van der Waals surface area contributed by atoms with Crippen molar-refractivity contribution in [3.05, 3.63) is 30.3 Å². The topological polar surface area (TPSA) is 46.3 Å². The Hall–Kier alpha value is -1.42. The Kier molecular flexibility index (Phi) is 5.78. The van der Waals surface area contributed by atoms with Gasteiger partial charge in [0.1, 0.15) is 0 Å². The first-order chi connectivity index (χ1) is 8.57. The maximum Gasteiger partial charge on any atom is 0.236 e. The maximum atomic E-state index is 12.3. The van der Waals surface area contributed by atoms with E-state index in [4.69, 9.17) is 18.0 Å². The molecule has 0 aliphatic rings.